The number of nitrogens with two attached hydrogens (primary N) is 1. The third-order valence-electron chi connectivity index (χ3n) is 8.52. The molecule has 2 aliphatic rings. The second kappa shape index (κ2) is 12.2. The molecule has 1 fully saturated rings. The summed E-state index contributed by atoms with van der Waals surface area (Å²) >= 11 is 0. The molecule has 2 atom stereocenters. The van der Waals surface area contributed by atoms with Crippen molar-refractivity contribution in [3.8, 4) is 33.9 Å². The number of nitrogens with one attached hydrogen (secondary N) is 1. The largest absolute Gasteiger partial charge is 0.490 e. The fourth-order valence-corrected chi connectivity index (χ4v) is 5.29. The number of nitrogens with zero attached hydrogens (tertiary/aromatic N) is 3. The molecule has 0 saturated heterocycles. The van der Waals surface area contributed by atoms with E-state index in [9.17, 15) is 32.3 Å². The van der Waals surface area contributed by atoms with Crippen LogP contribution in [0.25, 0.3) is 22.4 Å². The molecule has 6 rings (SSSR count). The van der Waals surface area contributed by atoms with Gasteiger partial charge in [-0.3, -0.25) is 9.59 Å². The van der Waals surface area contributed by atoms with Gasteiger partial charge in [0.1, 0.15) is 40.9 Å². The van der Waals surface area contributed by atoms with Gasteiger partial charge in [-0.1, -0.05) is 6.92 Å². The minimum Gasteiger partial charge on any atom is -0.490 e. The summed E-state index contributed by atoms with van der Waals surface area (Å²) in [7, 11) is 0. The summed E-state index contributed by atoms with van der Waals surface area (Å²) in [6, 6.07) is 10.0. The van der Waals surface area contributed by atoms with Crippen LogP contribution in [0.15, 0.2) is 60.9 Å². The Morgan fingerprint density at radius 2 is 1.77 bits per heavy atom. The van der Waals surface area contributed by atoms with Crippen molar-refractivity contribution in [3.05, 3.63) is 89.4 Å². The van der Waals surface area contributed by atoms with Gasteiger partial charge < -0.3 is 25.6 Å². The number of benzene rings is 2. The van der Waals surface area contributed by atoms with Gasteiger partial charge in [0.15, 0.2) is 0 Å². The Bertz CT molecular complexity index is 1880. The highest BCUT2D eigenvalue weighted by atomic mass is 19.4. The first-order chi connectivity index (χ1) is 22.7. The second-order valence-electron chi connectivity index (χ2n) is 12.0. The zero-order valence-corrected chi connectivity index (χ0v) is 25.9. The predicted octanol–water partition coefficient (Wildman–Crippen LogP) is 4.76. The number of alkyl halides is 3. The van der Waals surface area contributed by atoms with E-state index in [0.29, 0.717) is 29.1 Å². The highest BCUT2D eigenvalue weighted by Crippen LogP contribution is 2.48. The standard InChI is InChI=1S/C34H31F4N5O5/c1-3-27-40-14-20(15-41-27)23-12-19(6-11-25(23)48-22-9-10-22)30(44)42-16-33(46,34(36,37)38)26-13-24-29(47-17-32(24,2)31(39)45)28(43-26)18-4-7-21(35)8-5-18/h4-8,11-15,22,46H,3,9-10,16-17H2,1-2H3,(H2,39,45)(H,42,44)/t32-,33?/m0/s1. The summed E-state index contributed by atoms with van der Waals surface area (Å²) in [4.78, 5) is 38.6. The monoisotopic (exact) mass is 665 g/mol. The third kappa shape index (κ3) is 6.03. The van der Waals surface area contributed by atoms with E-state index in [4.69, 9.17) is 15.2 Å². The smallest absolute Gasteiger partial charge is 0.424 e. The molecule has 3 heterocycles. The minimum absolute atomic E-state index is 0.0131. The van der Waals surface area contributed by atoms with Crippen molar-refractivity contribution in [1.82, 2.24) is 20.3 Å². The number of aromatic nitrogens is 3. The number of hydrogen-bond donors (Lipinski definition) is 3. The summed E-state index contributed by atoms with van der Waals surface area (Å²) in [5, 5.41) is 13.5. The van der Waals surface area contributed by atoms with Gasteiger partial charge in [-0.15, -0.1) is 0 Å². The fourth-order valence-electron chi connectivity index (χ4n) is 5.29. The lowest BCUT2D eigenvalue weighted by Gasteiger charge is -2.31. The Labute approximate surface area is 272 Å². The van der Waals surface area contributed by atoms with E-state index in [2.05, 4.69) is 20.3 Å². The molecule has 2 aromatic heterocycles. The van der Waals surface area contributed by atoms with Crippen LogP contribution in [-0.4, -0.2) is 57.3 Å². The van der Waals surface area contributed by atoms with Crippen LogP contribution in [0.1, 0.15) is 54.1 Å². The normalized spacial score (nSPS) is 18.4. The lowest BCUT2D eigenvalue weighted by Crippen LogP contribution is -2.51. The summed E-state index contributed by atoms with van der Waals surface area (Å²) in [6.45, 7) is 1.65. The number of aryl methyl sites for hydroxylation is 1. The first-order valence-electron chi connectivity index (χ1n) is 15.2. The van der Waals surface area contributed by atoms with Crippen molar-refractivity contribution < 1.29 is 41.7 Å². The number of pyridine rings is 1. The van der Waals surface area contributed by atoms with Gasteiger partial charge in [-0.05, 0) is 68.3 Å². The molecule has 0 spiro atoms. The van der Waals surface area contributed by atoms with E-state index < -0.39 is 47.1 Å². The van der Waals surface area contributed by atoms with Gasteiger partial charge in [0.25, 0.3) is 5.91 Å². The highest BCUT2D eigenvalue weighted by molar-refractivity contribution is 5.96. The first-order valence-corrected chi connectivity index (χ1v) is 15.2. The minimum atomic E-state index is -5.37. The predicted molar refractivity (Wildman–Crippen MR) is 164 cm³/mol. The zero-order valence-electron chi connectivity index (χ0n) is 25.9. The fraction of sp³-hybridized carbons (Fsp3) is 0.324. The number of rotatable bonds is 10. The number of carbonyl (C=O) groups excluding carboxylic acids is 2. The van der Waals surface area contributed by atoms with E-state index in [1.807, 2.05) is 6.92 Å². The Morgan fingerprint density at radius 3 is 2.38 bits per heavy atom. The lowest BCUT2D eigenvalue weighted by molar-refractivity contribution is -0.265. The highest BCUT2D eigenvalue weighted by Gasteiger charge is 2.57. The lowest BCUT2D eigenvalue weighted by atomic mass is 9.81. The molecule has 0 bridgehead atoms. The molecule has 1 aliphatic heterocycles. The number of halogens is 4. The summed E-state index contributed by atoms with van der Waals surface area (Å²) in [5.41, 5.74) is 0.335. The van der Waals surface area contributed by atoms with E-state index in [1.165, 1.54) is 31.2 Å². The maximum Gasteiger partial charge on any atom is 0.424 e. The van der Waals surface area contributed by atoms with Crippen LogP contribution in [-0.2, 0) is 22.2 Å². The number of hydrogen-bond acceptors (Lipinski definition) is 8. The van der Waals surface area contributed by atoms with Crippen molar-refractivity contribution in [1.29, 1.82) is 0 Å². The van der Waals surface area contributed by atoms with Crippen LogP contribution in [0, 0.1) is 5.82 Å². The average Bonchev–Trinajstić information content (AvgIpc) is 3.82. The maximum absolute atomic E-state index is 14.8. The van der Waals surface area contributed by atoms with Crippen LogP contribution in [0.2, 0.25) is 0 Å². The van der Waals surface area contributed by atoms with E-state index >= 15 is 0 Å². The molecule has 1 saturated carbocycles. The van der Waals surface area contributed by atoms with E-state index in [-0.39, 0.29) is 40.8 Å². The number of ether oxygens (including phenoxy) is 2. The van der Waals surface area contributed by atoms with Crippen molar-refractivity contribution in [2.75, 3.05) is 13.2 Å². The van der Waals surface area contributed by atoms with Crippen LogP contribution < -0.4 is 20.5 Å². The zero-order chi connectivity index (χ0) is 34.4. The van der Waals surface area contributed by atoms with Gasteiger partial charge in [0.05, 0.1) is 18.3 Å². The Hall–Kier alpha value is -5.11. The molecule has 2 amide bonds. The van der Waals surface area contributed by atoms with Gasteiger partial charge in [0, 0.05) is 46.6 Å². The number of fused-ring (bicyclic) bond motifs is 1. The Morgan fingerprint density at radius 1 is 1.08 bits per heavy atom. The third-order valence-corrected chi connectivity index (χ3v) is 8.52. The van der Waals surface area contributed by atoms with Crippen molar-refractivity contribution in [3.63, 3.8) is 0 Å². The number of amides is 2. The Balaban J connectivity index is 1.37. The molecule has 4 N–H and O–H groups in total. The van der Waals surface area contributed by atoms with Crippen LogP contribution in [0.5, 0.6) is 11.5 Å². The topological polar surface area (TPSA) is 150 Å². The molecule has 10 nitrogen and oxygen atoms in total. The summed E-state index contributed by atoms with van der Waals surface area (Å²) in [5.74, 6) is -1.37. The quantitative estimate of drug-likeness (QED) is 0.205. The first kappa shape index (κ1) is 32.8. The molecular formula is C34H31F4N5O5. The van der Waals surface area contributed by atoms with Gasteiger partial charge in [-0.25, -0.2) is 19.3 Å². The van der Waals surface area contributed by atoms with E-state index in [0.717, 1.165) is 31.0 Å². The van der Waals surface area contributed by atoms with Gasteiger partial charge in [-0.2, -0.15) is 13.2 Å². The molecule has 2 aromatic carbocycles. The van der Waals surface area contributed by atoms with Crippen LogP contribution >= 0.6 is 0 Å². The van der Waals surface area contributed by atoms with Gasteiger partial charge >= 0.3 is 6.18 Å². The molecular weight excluding hydrogens is 634 g/mol. The average molecular weight is 666 g/mol. The van der Waals surface area contributed by atoms with Crippen molar-refractivity contribution in [2.45, 2.75) is 56.4 Å². The number of carbonyl (C=O) groups is 2. The summed E-state index contributed by atoms with van der Waals surface area (Å²) in [6.07, 6.45) is 0.147. The molecule has 1 aliphatic carbocycles. The number of primary amides is 1. The summed E-state index contributed by atoms with van der Waals surface area (Å²) < 4.78 is 69.9. The molecule has 250 valence electrons. The number of aliphatic hydroxyl groups is 1. The second-order valence-corrected chi connectivity index (χ2v) is 12.0. The van der Waals surface area contributed by atoms with Gasteiger partial charge in [0.2, 0.25) is 11.5 Å². The SMILES string of the molecule is CCc1ncc(-c2cc(C(=O)NCC(O)(c3cc4c(c(-c5ccc(F)cc5)n3)OC[C@]4(C)C(N)=O)C(F)(F)F)ccc2OC2CC2)cn1. The van der Waals surface area contributed by atoms with Crippen LogP contribution in [0.4, 0.5) is 17.6 Å². The van der Waals surface area contributed by atoms with E-state index in [1.54, 1.807) is 18.5 Å². The molecule has 0 radical (unpaired) electrons. The molecule has 1 unspecified atom stereocenters. The van der Waals surface area contributed by atoms with Crippen molar-refractivity contribution >= 4 is 11.8 Å². The maximum atomic E-state index is 14.8. The molecule has 48 heavy (non-hydrogen) atoms. The van der Waals surface area contributed by atoms with Crippen molar-refractivity contribution in [2.24, 2.45) is 5.73 Å². The van der Waals surface area contributed by atoms with Crippen LogP contribution in [0.3, 0.4) is 0 Å². The Kier molecular flexibility index (Phi) is 8.31. The molecule has 4 aromatic rings. The molecule has 14 heteroatoms.